The Bertz CT molecular complexity index is 966. The summed E-state index contributed by atoms with van der Waals surface area (Å²) >= 11 is 0. The highest BCUT2D eigenvalue weighted by Crippen LogP contribution is 2.49. The third-order valence-corrected chi connectivity index (χ3v) is 15.5. The lowest BCUT2D eigenvalue weighted by molar-refractivity contribution is 0.0519. The van der Waals surface area contributed by atoms with Crippen molar-refractivity contribution in [2.24, 2.45) is 0 Å². The van der Waals surface area contributed by atoms with Gasteiger partial charge in [-0.25, -0.2) is 0 Å². The number of ether oxygens (including phenoxy) is 4. The monoisotopic (exact) mass is 468 g/mol. The Morgan fingerprint density at radius 2 is 1.16 bits per heavy atom. The predicted octanol–water partition coefficient (Wildman–Crippen LogP) is 4.81. The Morgan fingerprint density at radius 3 is 1.59 bits per heavy atom. The summed E-state index contributed by atoms with van der Waals surface area (Å²) in [5.74, 6) is 1.75. The average molecular weight is 469 g/mol. The third kappa shape index (κ3) is 5.60. The molecule has 0 aromatic heterocycles. The van der Waals surface area contributed by atoms with E-state index in [9.17, 15) is 0 Å². The molecule has 0 saturated heterocycles. The van der Waals surface area contributed by atoms with Gasteiger partial charge in [0.15, 0.2) is 13.6 Å². The summed E-state index contributed by atoms with van der Waals surface area (Å²) in [7, 11) is 0.445. The zero-order valence-electron chi connectivity index (χ0n) is 19.8. The summed E-state index contributed by atoms with van der Waals surface area (Å²) in [6, 6.07) is 23.7. The van der Waals surface area contributed by atoms with Crippen LogP contribution in [0.1, 0.15) is 11.1 Å². The molecular weight excluding hydrogens is 435 g/mol. The molecule has 0 aliphatic heterocycles. The molecule has 0 bridgehead atoms. The maximum absolute atomic E-state index is 6.08. The van der Waals surface area contributed by atoms with Gasteiger partial charge in [0.25, 0.3) is 0 Å². The highest BCUT2D eigenvalue weighted by atomic mass is 31.4. The summed E-state index contributed by atoms with van der Waals surface area (Å²) in [5, 5.41) is 3.86. The molecule has 0 amide bonds. The fourth-order valence-electron chi connectivity index (χ4n) is 3.80. The fraction of sp³-hybridized carbons (Fsp3) is 0.308. The van der Waals surface area contributed by atoms with Gasteiger partial charge < -0.3 is 18.9 Å². The normalized spacial score (nSPS) is 11.6. The molecule has 3 aromatic carbocycles. The van der Waals surface area contributed by atoms with Gasteiger partial charge in [-0.1, -0.05) is 71.9 Å². The van der Waals surface area contributed by atoms with Crippen molar-refractivity contribution in [3.8, 4) is 11.5 Å². The largest absolute Gasteiger partial charge is 0.467 e. The topological polar surface area (TPSA) is 36.9 Å². The lowest BCUT2D eigenvalue weighted by atomic mass is 10.2. The van der Waals surface area contributed by atoms with Gasteiger partial charge >= 0.3 is 0 Å². The second-order valence-electron chi connectivity index (χ2n) is 8.30. The summed E-state index contributed by atoms with van der Waals surface area (Å²) in [6.07, 6.45) is 0. The molecule has 0 saturated carbocycles. The molecule has 0 spiro atoms. The highest BCUT2D eigenvalue weighted by Gasteiger charge is 2.39. The molecule has 0 aliphatic carbocycles. The van der Waals surface area contributed by atoms with Crippen molar-refractivity contribution in [3.05, 3.63) is 77.9 Å². The van der Waals surface area contributed by atoms with E-state index in [0.29, 0.717) is 0 Å². The highest BCUT2D eigenvalue weighted by molar-refractivity contribution is 8.06. The Labute approximate surface area is 194 Å². The average Bonchev–Trinajstić information content (AvgIpc) is 2.78. The van der Waals surface area contributed by atoms with Crippen LogP contribution in [0.4, 0.5) is 0 Å². The second kappa shape index (κ2) is 11.1. The molecule has 0 radical (unpaired) electrons. The van der Waals surface area contributed by atoms with E-state index in [1.807, 2.05) is 0 Å². The quantitative estimate of drug-likeness (QED) is 0.243. The Balaban J connectivity index is 2.28. The number of benzene rings is 3. The Hall–Kier alpha value is -2.17. The van der Waals surface area contributed by atoms with Crippen LogP contribution < -0.4 is 25.3 Å². The van der Waals surface area contributed by atoms with Gasteiger partial charge in [-0.3, -0.25) is 0 Å². The van der Waals surface area contributed by atoms with E-state index in [4.69, 9.17) is 18.9 Å². The molecule has 0 heterocycles. The van der Waals surface area contributed by atoms with E-state index in [1.54, 1.807) is 14.2 Å². The maximum Gasteiger partial charge on any atom is 0.188 e. The lowest BCUT2D eigenvalue weighted by Gasteiger charge is -2.36. The van der Waals surface area contributed by atoms with Crippen LogP contribution in [-0.2, 0) is 9.47 Å². The maximum atomic E-state index is 6.08. The summed E-state index contributed by atoms with van der Waals surface area (Å²) in [5.41, 5.74) is 2.42. The first kappa shape index (κ1) is 24.5. The first-order valence-electron chi connectivity index (χ1n) is 10.7. The van der Waals surface area contributed by atoms with Crippen molar-refractivity contribution >= 4 is 31.0 Å². The summed E-state index contributed by atoms with van der Waals surface area (Å²) in [4.78, 5) is 0. The van der Waals surface area contributed by atoms with Gasteiger partial charge in [0.05, 0.1) is 0 Å². The van der Waals surface area contributed by atoms with Crippen LogP contribution in [0.25, 0.3) is 0 Å². The van der Waals surface area contributed by atoms with Gasteiger partial charge in [-0.2, -0.15) is 0 Å². The van der Waals surface area contributed by atoms with Crippen LogP contribution in [0.2, 0.25) is 13.1 Å². The van der Waals surface area contributed by atoms with Crippen LogP contribution in [0.3, 0.4) is 0 Å². The Kier molecular flexibility index (Phi) is 8.49. The smallest absolute Gasteiger partial charge is 0.188 e. The summed E-state index contributed by atoms with van der Waals surface area (Å²) in [6.45, 7) is 9.58. The van der Waals surface area contributed by atoms with Gasteiger partial charge in [0, 0.05) is 24.8 Å². The van der Waals surface area contributed by atoms with Gasteiger partial charge in [-0.05, 0) is 45.6 Å². The van der Waals surface area contributed by atoms with Crippen molar-refractivity contribution < 1.29 is 18.9 Å². The molecule has 0 unspecified atom stereocenters. The van der Waals surface area contributed by atoms with Crippen LogP contribution in [-0.4, -0.2) is 35.5 Å². The zero-order valence-corrected chi connectivity index (χ0v) is 21.7. The number of hydrogen-bond acceptors (Lipinski definition) is 4. The standard InChI is InChI=1S/C26H33O4PSi/c1-20-12-14-23(29-18-27-3)25(16-20)31(32(5,6)22-10-8-7-9-11-22)26-17-21(2)13-15-24(26)30-19-28-4/h7-17H,18-19H2,1-6H3. The molecule has 32 heavy (non-hydrogen) atoms. The minimum atomic E-state index is -2.05. The van der Waals surface area contributed by atoms with E-state index in [1.165, 1.54) is 26.9 Å². The van der Waals surface area contributed by atoms with Crippen LogP contribution in [0.5, 0.6) is 11.5 Å². The SMILES string of the molecule is COCOc1ccc(C)cc1P(c1cc(C)ccc1OCOC)[Si](C)(C)c1ccccc1. The van der Waals surface area contributed by atoms with E-state index >= 15 is 0 Å². The number of methoxy groups -OCH3 is 2. The number of hydrogen-bond donors (Lipinski definition) is 0. The first-order chi connectivity index (χ1) is 15.4. The minimum absolute atomic E-state index is 0.216. The molecule has 0 N–H and O–H groups in total. The van der Waals surface area contributed by atoms with Gasteiger partial charge in [0.2, 0.25) is 0 Å². The van der Waals surface area contributed by atoms with Crippen molar-refractivity contribution in [2.75, 3.05) is 27.8 Å². The summed E-state index contributed by atoms with van der Waals surface area (Å²) < 4.78 is 22.6. The lowest BCUT2D eigenvalue weighted by Crippen LogP contribution is -2.45. The van der Waals surface area contributed by atoms with E-state index in [0.717, 1.165) is 11.5 Å². The number of rotatable bonds is 10. The molecule has 0 aliphatic rings. The van der Waals surface area contributed by atoms with Crippen LogP contribution in [0, 0.1) is 13.8 Å². The van der Waals surface area contributed by atoms with Crippen molar-refractivity contribution in [1.82, 2.24) is 0 Å². The van der Waals surface area contributed by atoms with E-state index in [-0.39, 0.29) is 13.6 Å². The molecule has 6 heteroatoms. The first-order valence-corrected chi connectivity index (χ1v) is 15.9. The molecule has 4 nitrogen and oxygen atoms in total. The van der Waals surface area contributed by atoms with Crippen molar-refractivity contribution in [3.63, 3.8) is 0 Å². The fourth-order valence-corrected chi connectivity index (χ4v) is 13.8. The van der Waals surface area contributed by atoms with E-state index < -0.39 is 15.2 Å². The molecule has 0 fully saturated rings. The van der Waals surface area contributed by atoms with Gasteiger partial charge in [0.1, 0.15) is 19.2 Å². The molecule has 0 atom stereocenters. The molecule has 170 valence electrons. The van der Waals surface area contributed by atoms with Gasteiger partial charge in [-0.15, -0.1) is 0 Å². The van der Waals surface area contributed by atoms with Crippen LogP contribution in [0.15, 0.2) is 66.7 Å². The van der Waals surface area contributed by atoms with Crippen LogP contribution >= 0.6 is 7.47 Å². The van der Waals surface area contributed by atoms with E-state index in [2.05, 4.69) is 93.7 Å². The third-order valence-electron chi connectivity index (χ3n) is 5.41. The predicted molar refractivity (Wildman–Crippen MR) is 137 cm³/mol. The van der Waals surface area contributed by atoms with Crippen molar-refractivity contribution in [2.45, 2.75) is 26.9 Å². The van der Waals surface area contributed by atoms with Crippen molar-refractivity contribution in [1.29, 1.82) is 0 Å². The Morgan fingerprint density at radius 1 is 0.688 bits per heavy atom. The molecular formula is C26H33O4PSi. The molecule has 3 rings (SSSR count). The zero-order chi connectivity index (χ0) is 23.1. The number of aryl methyl sites for hydroxylation is 2. The second-order valence-corrected chi connectivity index (χ2v) is 18.3. The molecule has 3 aromatic rings. The minimum Gasteiger partial charge on any atom is -0.467 e.